The largest absolute Gasteiger partial charge is 0.472 e. The summed E-state index contributed by atoms with van der Waals surface area (Å²) in [5.41, 5.74) is -10.9. The molecule has 4 saturated carbocycles. The van der Waals surface area contributed by atoms with E-state index in [1.165, 1.54) is 47.5 Å². The smallest absolute Gasteiger partial charge is 0.308 e. The molecule has 7 rings (SSSR count). The van der Waals surface area contributed by atoms with Crippen LogP contribution < -0.4 is 0 Å². The van der Waals surface area contributed by atoms with E-state index in [0.29, 0.717) is 5.56 Å². The van der Waals surface area contributed by atoms with E-state index in [4.69, 9.17) is 47.0 Å². The first kappa shape index (κ1) is 40.2. The van der Waals surface area contributed by atoms with Crippen LogP contribution in [0, 0.1) is 34.0 Å². The third kappa shape index (κ3) is 4.63. The molecular weight excluding hydrogens is 736 g/mol. The minimum Gasteiger partial charge on any atom is -0.472 e. The normalized spacial score (nSPS) is 44.1. The molecule has 308 valence electrons. The fraction of sp³-hybridized carbons (Fsp3) is 0.750. The lowest BCUT2D eigenvalue weighted by Gasteiger charge is -2.77. The zero-order chi connectivity index (χ0) is 41.2. The SMILES string of the molecule is COC(=O)C[C@@H]1[C@](C)([C@@H](OC(C)=O)c2ccoc2)CC[C@@]23OC4(C)O[C@@]12[C@H](OC(=O)C(C)C)[C@@]1(OC(C)=O)[C@@H](OC(C)=O)[C@@]2(C)C[C@@]1(O4)[C@@]3(C)[C@H]2CC(=O)OC. The van der Waals surface area contributed by atoms with Crippen LogP contribution in [0.5, 0.6) is 0 Å². The monoisotopic (exact) mass is 788 g/mol. The molecule has 2 spiro atoms. The highest BCUT2D eigenvalue weighted by molar-refractivity contribution is 5.76. The number of carbonyl (C=O) groups is 6. The summed E-state index contributed by atoms with van der Waals surface area (Å²) in [6.07, 6.45) is -1.59. The first-order chi connectivity index (χ1) is 26.0. The Morgan fingerprint density at radius 1 is 0.786 bits per heavy atom. The van der Waals surface area contributed by atoms with Crippen LogP contribution in [-0.2, 0) is 71.4 Å². The van der Waals surface area contributed by atoms with Crippen molar-refractivity contribution < 1.29 is 75.8 Å². The van der Waals surface area contributed by atoms with Gasteiger partial charge in [-0.25, -0.2) is 0 Å². The molecule has 0 radical (unpaired) electrons. The van der Waals surface area contributed by atoms with Gasteiger partial charge in [0.2, 0.25) is 5.60 Å². The number of esters is 6. The molecule has 6 fully saturated rings. The predicted octanol–water partition coefficient (Wildman–Crippen LogP) is 4.25. The van der Waals surface area contributed by atoms with Crippen molar-refractivity contribution in [2.75, 3.05) is 14.2 Å². The van der Waals surface area contributed by atoms with Gasteiger partial charge in [-0.05, 0) is 31.2 Å². The Hall–Kier alpha value is -4.02. The fourth-order valence-electron chi connectivity index (χ4n) is 12.9. The number of hydrogen-bond acceptors (Lipinski definition) is 16. The molecule has 16 heteroatoms. The van der Waals surface area contributed by atoms with Crippen molar-refractivity contribution >= 4 is 35.8 Å². The molecule has 6 aliphatic rings. The standard InChI is InChI=1S/C40H52O16/c1-20(2)30(46)52-32-39-26(17-28(45)48-11)33(6,29(50-21(3)41)24-12-15-49-18-24)13-14-37(39)35(8)25(16-27(44)47-10)34(7)19-38(35,55-36(9,54-37)56-39)40(32,53-23(5)43)31(34)51-22(4)42/h12,15,18,20,25-26,29,31-32H,13-14,16-17,19H2,1-11H3/t25-,26+,29-,31-,32-,33+,34-,35-,36?,37-,38+,39+,40-/m0/s1. The molecule has 1 unspecified atom stereocenters. The van der Waals surface area contributed by atoms with Gasteiger partial charge in [0.25, 0.3) is 5.97 Å². The second-order valence-corrected chi connectivity index (χ2v) is 17.6. The summed E-state index contributed by atoms with van der Waals surface area (Å²) in [5.74, 6) is -8.81. The Labute approximate surface area is 324 Å². The van der Waals surface area contributed by atoms with Crippen molar-refractivity contribution in [3.8, 4) is 0 Å². The summed E-state index contributed by atoms with van der Waals surface area (Å²) in [7, 11) is 2.50. The maximum atomic E-state index is 14.3. The van der Waals surface area contributed by atoms with Gasteiger partial charge in [0.1, 0.15) is 22.9 Å². The second kappa shape index (κ2) is 12.5. The Bertz CT molecular complexity index is 1860. The lowest BCUT2D eigenvalue weighted by molar-refractivity contribution is -0.477. The number of hydrogen-bond donors (Lipinski definition) is 0. The first-order valence-electron chi connectivity index (χ1n) is 19.1. The van der Waals surface area contributed by atoms with Crippen molar-refractivity contribution in [2.24, 2.45) is 34.0 Å². The number of rotatable bonds is 11. The van der Waals surface area contributed by atoms with Crippen LogP contribution in [0.4, 0.5) is 0 Å². The minimum absolute atomic E-state index is 0.0449. The molecule has 4 aliphatic carbocycles. The van der Waals surface area contributed by atoms with E-state index in [1.807, 2.05) is 20.8 Å². The highest BCUT2D eigenvalue weighted by Gasteiger charge is 3.05. The van der Waals surface area contributed by atoms with Crippen LogP contribution >= 0.6 is 0 Å². The van der Waals surface area contributed by atoms with Crippen LogP contribution in [0.15, 0.2) is 23.0 Å². The molecule has 1 aromatic rings. The van der Waals surface area contributed by atoms with Crippen LogP contribution in [-0.4, -0.2) is 90.6 Å². The zero-order valence-electron chi connectivity index (χ0n) is 33.8. The number of furan rings is 1. The Balaban J connectivity index is 1.66. The van der Waals surface area contributed by atoms with E-state index in [1.54, 1.807) is 26.8 Å². The second-order valence-electron chi connectivity index (χ2n) is 17.6. The highest BCUT2D eigenvalue weighted by Crippen LogP contribution is 2.90. The third-order valence-corrected chi connectivity index (χ3v) is 14.5. The van der Waals surface area contributed by atoms with Gasteiger partial charge in [-0.2, -0.15) is 0 Å². The van der Waals surface area contributed by atoms with Crippen molar-refractivity contribution in [2.45, 2.75) is 141 Å². The molecule has 0 aromatic carbocycles. The molecule has 2 saturated heterocycles. The molecule has 16 nitrogen and oxygen atoms in total. The van der Waals surface area contributed by atoms with Crippen LogP contribution in [0.3, 0.4) is 0 Å². The summed E-state index contributed by atoms with van der Waals surface area (Å²) < 4.78 is 63.5. The molecule has 0 N–H and O–H groups in total. The maximum absolute atomic E-state index is 14.3. The van der Waals surface area contributed by atoms with Gasteiger partial charge < -0.3 is 47.0 Å². The highest BCUT2D eigenvalue weighted by atomic mass is 16.9. The lowest BCUT2D eigenvalue weighted by Crippen LogP contribution is -2.94. The fourth-order valence-corrected chi connectivity index (χ4v) is 12.9. The van der Waals surface area contributed by atoms with E-state index in [9.17, 15) is 28.8 Å². The number of methoxy groups -OCH3 is 2. The molecule has 2 aliphatic heterocycles. The Kier molecular flexibility index (Phi) is 8.96. The molecule has 13 atom stereocenters. The van der Waals surface area contributed by atoms with E-state index in [-0.39, 0.29) is 25.7 Å². The summed E-state index contributed by atoms with van der Waals surface area (Å²) in [6.45, 7) is 14.0. The first-order valence-corrected chi connectivity index (χ1v) is 19.1. The van der Waals surface area contributed by atoms with Crippen molar-refractivity contribution in [1.29, 1.82) is 0 Å². The third-order valence-electron chi connectivity index (χ3n) is 14.5. The predicted molar refractivity (Wildman–Crippen MR) is 186 cm³/mol. The Morgan fingerprint density at radius 3 is 1.95 bits per heavy atom. The van der Waals surface area contributed by atoms with Gasteiger partial charge in [0.05, 0.1) is 39.1 Å². The van der Waals surface area contributed by atoms with Gasteiger partial charge in [0.15, 0.2) is 12.2 Å². The quantitative estimate of drug-likeness (QED) is 0.228. The average Bonchev–Trinajstić information content (AvgIpc) is 3.81. The topological polar surface area (TPSA) is 199 Å². The van der Waals surface area contributed by atoms with Gasteiger partial charge in [-0.3, -0.25) is 28.8 Å². The van der Waals surface area contributed by atoms with Crippen LogP contribution in [0.25, 0.3) is 0 Å². The van der Waals surface area contributed by atoms with E-state index in [2.05, 4.69) is 0 Å². The Morgan fingerprint density at radius 2 is 1.41 bits per heavy atom. The molecular formula is C40H52O16. The van der Waals surface area contributed by atoms with Gasteiger partial charge >= 0.3 is 35.8 Å². The molecule has 1 aromatic heterocycles. The van der Waals surface area contributed by atoms with Crippen molar-refractivity contribution in [3.05, 3.63) is 24.2 Å². The molecule has 4 bridgehead atoms. The van der Waals surface area contributed by atoms with E-state index >= 15 is 0 Å². The molecule has 56 heavy (non-hydrogen) atoms. The van der Waals surface area contributed by atoms with E-state index < -0.39 is 123 Å². The lowest BCUT2D eigenvalue weighted by atomic mass is 9.33. The van der Waals surface area contributed by atoms with Gasteiger partial charge in [-0.1, -0.05) is 34.6 Å². The van der Waals surface area contributed by atoms with E-state index in [0.717, 1.165) is 0 Å². The maximum Gasteiger partial charge on any atom is 0.308 e. The molecule has 0 amide bonds. The van der Waals surface area contributed by atoms with Crippen molar-refractivity contribution in [1.82, 2.24) is 0 Å². The summed E-state index contributed by atoms with van der Waals surface area (Å²) in [5, 5.41) is 0. The van der Waals surface area contributed by atoms with Gasteiger partial charge in [0, 0.05) is 61.8 Å². The number of fused-ring (bicyclic) bond motifs is 2. The van der Waals surface area contributed by atoms with Gasteiger partial charge in [-0.15, -0.1) is 0 Å². The minimum atomic E-state index is -2.17. The van der Waals surface area contributed by atoms with Crippen LogP contribution in [0.1, 0.15) is 106 Å². The summed E-state index contributed by atoms with van der Waals surface area (Å²) in [4.78, 5) is 81.8. The van der Waals surface area contributed by atoms with Crippen LogP contribution in [0.2, 0.25) is 0 Å². The summed E-state index contributed by atoms with van der Waals surface area (Å²) in [6, 6.07) is 1.65. The molecule has 3 heterocycles. The number of ether oxygens (including phenoxy) is 9. The zero-order valence-corrected chi connectivity index (χ0v) is 33.8. The number of carbonyl (C=O) groups excluding carboxylic acids is 6. The average molecular weight is 789 g/mol. The van der Waals surface area contributed by atoms with Crippen molar-refractivity contribution in [3.63, 3.8) is 0 Å². The summed E-state index contributed by atoms with van der Waals surface area (Å²) >= 11 is 0.